The quantitative estimate of drug-likeness (QED) is 0.220. The van der Waals surface area contributed by atoms with Crippen LogP contribution in [-0.2, 0) is 14.2 Å². The zero-order chi connectivity index (χ0) is 13.6. The number of carbonyl (C=O) groups is 2. The second-order valence-electron chi connectivity index (χ2n) is 3.25. The molecular formula is C7H15N2O7P. The highest BCUT2D eigenvalue weighted by Gasteiger charge is 2.26. The van der Waals surface area contributed by atoms with E-state index in [0.29, 0.717) is 0 Å². The zero-order valence-corrected chi connectivity index (χ0v) is 10.0. The predicted octanol–water partition coefficient (Wildman–Crippen LogP) is -1.21. The Hall–Kier alpha value is -0.990. The normalized spacial score (nSPS) is 13.2. The van der Waals surface area contributed by atoms with Crippen LogP contribution in [0.3, 0.4) is 0 Å². The zero-order valence-electron chi connectivity index (χ0n) is 9.11. The minimum absolute atomic E-state index is 0.00999. The van der Waals surface area contributed by atoms with Crippen molar-refractivity contribution in [1.29, 1.82) is 0 Å². The summed E-state index contributed by atoms with van der Waals surface area (Å²) < 4.78 is 10.4. The number of carboxylic acid groups (broad SMARTS) is 1. The van der Waals surface area contributed by atoms with Crippen LogP contribution >= 0.6 is 7.60 Å². The predicted molar refractivity (Wildman–Crippen MR) is 55.3 cm³/mol. The van der Waals surface area contributed by atoms with Gasteiger partial charge in [0.1, 0.15) is 0 Å². The lowest BCUT2D eigenvalue weighted by molar-refractivity contribution is -0.185. The summed E-state index contributed by atoms with van der Waals surface area (Å²) in [6.07, 6.45) is -0.716. The summed E-state index contributed by atoms with van der Waals surface area (Å²) in [4.78, 5) is 38.8. The van der Waals surface area contributed by atoms with Gasteiger partial charge in [-0.3, -0.25) is 19.9 Å². The Labute approximate surface area is 97.2 Å². The highest BCUT2D eigenvalue weighted by atomic mass is 31.2. The first kappa shape index (κ1) is 16.0. The number of nitrogens with zero attached hydrogens (tertiary/aromatic N) is 1. The lowest BCUT2D eigenvalue weighted by atomic mass is 10.2. The smallest absolute Gasteiger partial charge is 0.339 e. The first-order chi connectivity index (χ1) is 7.69. The van der Waals surface area contributed by atoms with E-state index in [9.17, 15) is 19.4 Å². The van der Waals surface area contributed by atoms with Crippen LogP contribution in [0.5, 0.6) is 0 Å². The number of carboxylic acids is 1. The Morgan fingerprint density at radius 2 is 1.94 bits per heavy atom. The van der Waals surface area contributed by atoms with Crippen LogP contribution in [0.2, 0.25) is 0 Å². The minimum atomic E-state index is -4.28. The second kappa shape index (κ2) is 6.67. The second-order valence-corrected chi connectivity index (χ2v) is 4.90. The molecule has 0 heterocycles. The molecule has 5 N–H and O–H groups in total. The maximum atomic E-state index is 11.2. The lowest BCUT2D eigenvalue weighted by Crippen LogP contribution is -2.46. The van der Waals surface area contributed by atoms with Crippen molar-refractivity contribution in [3.63, 3.8) is 0 Å². The molecule has 0 saturated heterocycles. The SMILES string of the molecule is CCC(C(=O)O)N(O)C(=O)CNCP(=O)(O)O. The van der Waals surface area contributed by atoms with E-state index in [0.717, 1.165) is 0 Å². The van der Waals surface area contributed by atoms with Crippen LogP contribution in [0.4, 0.5) is 0 Å². The van der Waals surface area contributed by atoms with E-state index in [2.05, 4.69) is 5.32 Å². The summed E-state index contributed by atoms with van der Waals surface area (Å²) in [5.41, 5.74) is 0. The highest BCUT2D eigenvalue weighted by Crippen LogP contribution is 2.31. The summed E-state index contributed by atoms with van der Waals surface area (Å²) >= 11 is 0. The minimum Gasteiger partial charge on any atom is -0.480 e. The molecule has 0 spiro atoms. The van der Waals surface area contributed by atoms with Crippen LogP contribution < -0.4 is 5.32 Å². The fourth-order valence-corrected chi connectivity index (χ4v) is 1.42. The number of hydrogen-bond acceptors (Lipinski definition) is 5. The lowest BCUT2D eigenvalue weighted by Gasteiger charge is -2.21. The Kier molecular flexibility index (Phi) is 6.29. The molecule has 1 amide bonds. The van der Waals surface area contributed by atoms with E-state index in [1.54, 1.807) is 0 Å². The van der Waals surface area contributed by atoms with Crippen molar-refractivity contribution >= 4 is 19.5 Å². The fourth-order valence-electron chi connectivity index (χ4n) is 1.02. The third-order valence-electron chi connectivity index (χ3n) is 1.82. The van der Waals surface area contributed by atoms with E-state index < -0.39 is 38.3 Å². The van der Waals surface area contributed by atoms with E-state index >= 15 is 0 Å². The third kappa shape index (κ3) is 6.35. The van der Waals surface area contributed by atoms with Gasteiger partial charge in [-0.25, -0.2) is 9.86 Å². The molecule has 9 nitrogen and oxygen atoms in total. The number of amides is 1. The molecule has 0 radical (unpaired) electrons. The molecule has 0 aromatic carbocycles. The van der Waals surface area contributed by atoms with Gasteiger partial charge in [0.15, 0.2) is 6.04 Å². The van der Waals surface area contributed by atoms with Crippen LogP contribution in [0.25, 0.3) is 0 Å². The molecule has 17 heavy (non-hydrogen) atoms. The molecule has 0 rings (SSSR count). The van der Waals surface area contributed by atoms with E-state index in [1.165, 1.54) is 6.92 Å². The van der Waals surface area contributed by atoms with Crippen molar-refractivity contribution in [2.24, 2.45) is 0 Å². The summed E-state index contributed by atoms with van der Waals surface area (Å²) in [6.45, 7) is 0.906. The molecule has 0 aromatic rings. The van der Waals surface area contributed by atoms with E-state index in [4.69, 9.17) is 14.9 Å². The molecule has 1 unspecified atom stereocenters. The summed E-state index contributed by atoms with van der Waals surface area (Å²) in [6, 6.07) is -1.38. The summed E-state index contributed by atoms with van der Waals surface area (Å²) in [5.74, 6) is -2.34. The van der Waals surface area contributed by atoms with Crippen molar-refractivity contribution in [2.75, 3.05) is 12.8 Å². The van der Waals surface area contributed by atoms with Crippen LogP contribution in [-0.4, -0.2) is 55.9 Å². The summed E-state index contributed by atoms with van der Waals surface area (Å²) in [5, 5.41) is 20.0. The van der Waals surface area contributed by atoms with Crippen molar-refractivity contribution in [3.05, 3.63) is 0 Å². The maximum absolute atomic E-state index is 11.2. The van der Waals surface area contributed by atoms with Gasteiger partial charge in [-0.15, -0.1) is 0 Å². The third-order valence-corrected chi connectivity index (χ3v) is 2.45. The Morgan fingerprint density at radius 3 is 2.29 bits per heavy atom. The Balaban J connectivity index is 4.22. The molecule has 1 atom stereocenters. The average Bonchev–Trinajstić information content (AvgIpc) is 2.15. The fraction of sp³-hybridized carbons (Fsp3) is 0.714. The number of carbonyl (C=O) groups excluding carboxylic acids is 1. The first-order valence-electron chi connectivity index (χ1n) is 4.68. The molecule has 0 fully saturated rings. The Morgan fingerprint density at radius 1 is 1.41 bits per heavy atom. The number of hydroxylamine groups is 2. The average molecular weight is 270 g/mol. The van der Waals surface area contributed by atoms with Gasteiger partial charge >= 0.3 is 13.6 Å². The van der Waals surface area contributed by atoms with Crippen molar-refractivity contribution in [1.82, 2.24) is 10.4 Å². The van der Waals surface area contributed by atoms with Gasteiger partial charge in [-0.2, -0.15) is 0 Å². The van der Waals surface area contributed by atoms with Crippen molar-refractivity contribution < 1.29 is 34.3 Å². The highest BCUT2D eigenvalue weighted by molar-refractivity contribution is 7.51. The topological polar surface area (TPSA) is 147 Å². The van der Waals surface area contributed by atoms with Gasteiger partial charge in [0.05, 0.1) is 12.8 Å². The van der Waals surface area contributed by atoms with Crippen LogP contribution in [0.1, 0.15) is 13.3 Å². The largest absolute Gasteiger partial charge is 0.480 e. The Bertz CT molecular complexity index is 328. The standard InChI is InChI=1S/C7H15N2O7P/c1-2-5(7(11)12)9(13)6(10)3-8-4-17(14,15)16/h5,8,13H,2-4H2,1H3,(H,11,12)(H2,14,15,16). The molecule has 0 aliphatic heterocycles. The number of aliphatic carboxylic acids is 1. The van der Waals surface area contributed by atoms with Gasteiger partial charge in [0.25, 0.3) is 5.91 Å². The van der Waals surface area contributed by atoms with Crippen LogP contribution in [0.15, 0.2) is 0 Å². The van der Waals surface area contributed by atoms with E-state index in [1.807, 2.05) is 0 Å². The number of hydrogen-bond donors (Lipinski definition) is 5. The van der Waals surface area contributed by atoms with Crippen molar-refractivity contribution in [3.8, 4) is 0 Å². The molecule has 0 aliphatic carbocycles. The first-order valence-corrected chi connectivity index (χ1v) is 6.47. The monoisotopic (exact) mass is 270 g/mol. The maximum Gasteiger partial charge on any atom is 0.339 e. The van der Waals surface area contributed by atoms with E-state index in [-0.39, 0.29) is 11.5 Å². The molecule has 0 aliphatic rings. The molecule has 0 bridgehead atoms. The van der Waals surface area contributed by atoms with Crippen LogP contribution in [0, 0.1) is 0 Å². The molecule has 0 aromatic heterocycles. The van der Waals surface area contributed by atoms with Gasteiger partial charge in [-0.1, -0.05) is 6.92 Å². The van der Waals surface area contributed by atoms with Gasteiger partial charge in [0.2, 0.25) is 0 Å². The molecule has 0 saturated carbocycles. The number of rotatable bonds is 7. The van der Waals surface area contributed by atoms with Gasteiger partial charge in [0, 0.05) is 0 Å². The summed E-state index contributed by atoms with van der Waals surface area (Å²) in [7, 11) is -4.28. The molecule has 10 heteroatoms. The van der Waals surface area contributed by atoms with Gasteiger partial charge in [-0.05, 0) is 6.42 Å². The van der Waals surface area contributed by atoms with Crippen molar-refractivity contribution in [2.45, 2.75) is 19.4 Å². The number of nitrogens with one attached hydrogen (secondary N) is 1. The molecule has 100 valence electrons. The van der Waals surface area contributed by atoms with Gasteiger partial charge < -0.3 is 14.9 Å². The molecular weight excluding hydrogens is 255 g/mol.